The number of halogens is 5. The van der Waals surface area contributed by atoms with E-state index in [0.29, 0.717) is 15.1 Å². The van der Waals surface area contributed by atoms with E-state index in [2.05, 4.69) is 15.9 Å². The fraction of sp³-hybridized carbons (Fsp3) is 0.0769. The minimum absolute atomic E-state index is 0.397. The van der Waals surface area contributed by atoms with Crippen LogP contribution in [0.4, 0.5) is 0 Å². The van der Waals surface area contributed by atoms with Gasteiger partial charge in [-0.15, -0.1) is 11.6 Å². The van der Waals surface area contributed by atoms with Gasteiger partial charge in [-0.3, -0.25) is 0 Å². The molecule has 0 saturated heterocycles. The molecule has 0 nitrogen and oxygen atoms in total. The van der Waals surface area contributed by atoms with Gasteiger partial charge in [-0.25, -0.2) is 0 Å². The van der Waals surface area contributed by atoms with Crippen molar-refractivity contribution in [2.75, 3.05) is 0 Å². The van der Waals surface area contributed by atoms with Gasteiger partial charge < -0.3 is 0 Å². The van der Waals surface area contributed by atoms with Crippen molar-refractivity contribution in [2.24, 2.45) is 0 Å². The van der Waals surface area contributed by atoms with Gasteiger partial charge in [0.25, 0.3) is 0 Å². The summed E-state index contributed by atoms with van der Waals surface area (Å²) < 4.78 is 0.869. The average Bonchev–Trinajstić information content (AvgIpc) is 2.30. The van der Waals surface area contributed by atoms with E-state index < -0.39 is 5.38 Å². The molecule has 0 heterocycles. The first-order valence-electron chi connectivity index (χ1n) is 5.02. The molecule has 0 aliphatic heterocycles. The third kappa shape index (κ3) is 3.34. The second-order valence-corrected chi connectivity index (χ2v) is 6.36. The predicted molar refractivity (Wildman–Crippen MR) is 83.3 cm³/mol. The van der Waals surface area contributed by atoms with Crippen LogP contribution in [0.5, 0.6) is 0 Å². The Balaban J connectivity index is 2.47. The van der Waals surface area contributed by atoms with E-state index in [-0.39, 0.29) is 0 Å². The molecule has 0 aromatic heterocycles. The molecule has 0 radical (unpaired) electrons. The minimum Gasteiger partial charge on any atom is -0.113 e. The van der Waals surface area contributed by atoms with Gasteiger partial charge in [-0.1, -0.05) is 50.7 Å². The smallest absolute Gasteiger partial charge is 0.0851 e. The number of rotatable bonds is 2. The van der Waals surface area contributed by atoms with Crippen LogP contribution in [0.2, 0.25) is 15.1 Å². The summed E-state index contributed by atoms with van der Waals surface area (Å²) in [6.07, 6.45) is 0. The Morgan fingerprint density at radius 2 is 1.61 bits per heavy atom. The van der Waals surface area contributed by atoms with Gasteiger partial charge in [-0.05, 0) is 47.5 Å². The van der Waals surface area contributed by atoms with Crippen LogP contribution in [0, 0.1) is 0 Å². The van der Waals surface area contributed by atoms with Crippen LogP contribution in [0.15, 0.2) is 40.9 Å². The van der Waals surface area contributed by atoms with Gasteiger partial charge >= 0.3 is 0 Å². The zero-order valence-electron chi connectivity index (χ0n) is 8.93. The summed E-state index contributed by atoms with van der Waals surface area (Å²) in [4.78, 5) is 0. The summed E-state index contributed by atoms with van der Waals surface area (Å²) in [5.41, 5.74) is 1.63. The fourth-order valence-corrected chi connectivity index (χ4v) is 3.27. The van der Waals surface area contributed by atoms with Crippen LogP contribution in [0.1, 0.15) is 16.5 Å². The maximum absolute atomic E-state index is 6.43. The van der Waals surface area contributed by atoms with Gasteiger partial charge in [0, 0.05) is 19.5 Å². The molecule has 0 fully saturated rings. The van der Waals surface area contributed by atoms with E-state index in [9.17, 15) is 0 Å². The summed E-state index contributed by atoms with van der Waals surface area (Å²) in [5.74, 6) is 0. The topological polar surface area (TPSA) is 0 Å². The van der Waals surface area contributed by atoms with Crippen LogP contribution in [-0.4, -0.2) is 0 Å². The lowest BCUT2D eigenvalue weighted by Gasteiger charge is -2.13. The Morgan fingerprint density at radius 1 is 0.889 bits per heavy atom. The third-order valence-corrected chi connectivity index (χ3v) is 4.15. The molecule has 1 unspecified atom stereocenters. The first-order chi connectivity index (χ1) is 8.47. The summed E-state index contributed by atoms with van der Waals surface area (Å²) in [6, 6.07) is 10.7. The van der Waals surface area contributed by atoms with Crippen molar-refractivity contribution in [3.05, 3.63) is 67.1 Å². The summed E-state index contributed by atoms with van der Waals surface area (Å²) >= 11 is 27.9. The van der Waals surface area contributed by atoms with Gasteiger partial charge in [0.15, 0.2) is 0 Å². The van der Waals surface area contributed by atoms with Crippen molar-refractivity contribution in [1.29, 1.82) is 0 Å². The van der Waals surface area contributed by atoms with Gasteiger partial charge in [-0.2, -0.15) is 0 Å². The van der Waals surface area contributed by atoms with E-state index >= 15 is 0 Å². The first-order valence-corrected chi connectivity index (χ1v) is 7.38. The number of alkyl halides is 1. The van der Waals surface area contributed by atoms with E-state index in [1.807, 2.05) is 6.07 Å². The molecule has 94 valence electrons. The minimum atomic E-state index is -0.397. The Hall–Kier alpha value is 0.0800. The van der Waals surface area contributed by atoms with Crippen LogP contribution in [0.3, 0.4) is 0 Å². The lowest BCUT2D eigenvalue weighted by atomic mass is 10.0. The first kappa shape index (κ1) is 14.5. The molecule has 5 heteroatoms. The second-order valence-electron chi connectivity index (χ2n) is 3.73. The molecule has 2 aromatic carbocycles. The predicted octanol–water partition coefficient (Wildman–Crippen LogP) is 6.74. The lowest BCUT2D eigenvalue weighted by molar-refractivity contribution is 1.14. The van der Waals surface area contributed by atoms with Gasteiger partial charge in [0.1, 0.15) is 0 Å². The number of hydrogen-bond donors (Lipinski definition) is 0. The molecule has 0 aliphatic rings. The molecular weight excluding hydrogens is 378 g/mol. The van der Waals surface area contributed by atoms with E-state index in [1.54, 1.807) is 30.3 Å². The molecule has 0 bridgehead atoms. The quantitative estimate of drug-likeness (QED) is 0.503. The van der Waals surface area contributed by atoms with Crippen molar-refractivity contribution in [3.8, 4) is 0 Å². The van der Waals surface area contributed by atoms with Gasteiger partial charge in [0.2, 0.25) is 0 Å². The third-order valence-electron chi connectivity index (χ3n) is 2.41. The van der Waals surface area contributed by atoms with Crippen LogP contribution < -0.4 is 0 Å². The van der Waals surface area contributed by atoms with Gasteiger partial charge in [0.05, 0.1) is 5.38 Å². The van der Waals surface area contributed by atoms with Crippen molar-refractivity contribution in [1.82, 2.24) is 0 Å². The fourth-order valence-electron chi connectivity index (χ4n) is 1.61. The molecule has 2 aromatic rings. The maximum Gasteiger partial charge on any atom is 0.0851 e. The maximum atomic E-state index is 6.43. The highest BCUT2D eigenvalue weighted by molar-refractivity contribution is 9.10. The Labute approximate surface area is 134 Å². The van der Waals surface area contributed by atoms with Crippen LogP contribution >= 0.6 is 62.3 Å². The zero-order chi connectivity index (χ0) is 13.3. The normalized spacial score (nSPS) is 12.5. The van der Waals surface area contributed by atoms with E-state index in [1.165, 1.54) is 0 Å². The molecule has 18 heavy (non-hydrogen) atoms. The molecular formula is C13H7BrCl4. The van der Waals surface area contributed by atoms with Crippen molar-refractivity contribution >= 4 is 62.3 Å². The number of hydrogen-bond acceptors (Lipinski definition) is 0. The monoisotopic (exact) mass is 382 g/mol. The average molecular weight is 385 g/mol. The Morgan fingerprint density at radius 3 is 2.28 bits per heavy atom. The molecule has 0 aliphatic carbocycles. The molecule has 0 amide bonds. The van der Waals surface area contributed by atoms with E-state index in [0.717, 1.165) is 15.6 Å². The number of benzene rings is 2. The molecule has 2 rings (SSSR count). The Kier molecular flexibility index (Phi) is 4.85. The molecule has 0 saturated carbocycles. The van der Waals surface area contributed by atoms with Crippen LogP contribution in [-0.2, 0) is 0 Å². The summed E-state index contributed by atoms with van der Waals surface area (Å²) in [6.45, 7) is 0. The molecule has 1 atom stereocenters. The summed E-state index contributed by atoms with van der Waals surface area (Å²) in [5, 5.41) is 1.39. The summed E-state index contributed by atoms with van der Waals surface area (Å²) in [7, 11) is 0. The second kappa shape index (κ2) is 6.02. The molecule has 0 spiro atoms. The highest BCUT2D eigenvalue weighted by Gasteiger charge is 2.15. The Bertz CT molecular complexity index is 563. The highest BCUT2D eigenvalue weighted by Crippen LogP contribution is 2.37. The van der Waals surface area contributed by atoms with Crippen LogP contribution in [0.25, 0.3) is 0 Å². The zero-order valence-corrected chi connectivity index (χ0v) is 13.5. The van der Waals surface area contributed by atoms with Crippen molar-refractivity contribution < 1.29 is 0 Å². The lowest BCUT2D eigenvalue weighted by Crippen LogP contribution is -1.95. The molecule has 0 N–H and O–H groups in total. The van der Waals surface area contributed by atoms with Crippen molar-refractivity contribution in [3.63, 3.8) is 0 Å². The van der Waals surface area contributed by atoms with E-state index in [4.69, 9.17) is 46.4 Å². The highest BCUT2D eigenvalue weighted by atomic mass is 79.9. The van der Waals surface area contributed by atoms with Crippen molar-refractivity contribution in [2.45, 2.75) is 5.38 Å². The SMILES string of the molecule is Clc1cc(Br)cc(C(Cl)c2cc(Cl)ccc2Cl)c1. The standard InChI is InChI=1S/C13H7BrCl4/c14-8-3-7(4-10(16)5-8)13(18)11-6-9(15)1-2-12(11)17/h1-6,13H. The largest absolute Gasteiger partial charge is 0.113 e.